The highest BCUT2D eigenvalue weighted by molar-refractivity contribution is 7.08. The molecule has 2 aromatic heterocycles. The minimum atomic E-state index is 0.686. The van der Waals surface area contributed by atoms with Crippen LogP contribution in [0, 0.1) is 6.92 Å². The first kappa shape index (κ1) is 10.0. The highest BCUT2D eigenvalue weighted by atomic mass is 32.1. The molecule has 0 spiro atoms. The van der Waals surface area contributed by atoms with Gasteiger partial charge in [0.2, 0.25) is 0 Å². The second kappa shape index (κ2) is 3.94. The monoisotopic (exact) mass is 222 g/mol. The summed E-state index contributed by atoms with van der Waals surface area (Å²) in [6.45, 7) is 2.88. The van der Waals surface area contributed by atoms with Crippen LogP contribution in [0.4, 0.5) is 11.5 Å². The molecule has 0 aliphatic rings. The quantitative estimate of drug-likeness (QED) is 0.835. The molecule has 0 saturated heterocycles. The Labute approximate surface area is 92.7 Å². The van der Waals surface area contributed by atoms with Crippen LogP contribution in [-0.2, 0) is 13.6 Å². The lowest BCUT2D eigenvalue weighted by atomic mass is 10.2. The van der Waals surface area contributed by atoms with E-state index < -0.39 is 0 Å². The number of nitrogen functional groups attached to an aromatic ring is 1. The number of aromatic nitrogens is 2. The van der Waals surface area contributed by atoms with Crippen LogP contribution in [0.2, 0.25) is 0 Å². The van der Waals surface area contributed by atoms with Crippen LogP contribution in [0.1, 0.15) is 11.1 Å². The van der Waals surface area contributed by atoms with Crippen LogP contribution in [0.25, 0.3) is 0 Å². The first-order chi connectivity index (χ1) is 7.16. The van der Waals surface area contributed by atoms with Gasteiger partial charge in [-0.1, -0.05) is 0 Å². The van der Waals surface area contributed by atoms with Gasteiger partial charge < -0.3 is 11.1 Å². The maximum absolute atomic E-state index is 5.78. The lowest BCUT2D eigenvalue weighted by molar-refractivity contribution is 0.768. The zero-order valence-corrected chi connectivity index (χ0v) is 9.64. The maximum Gasteiger partial charge on any atom is 0.171 e. The fourth-order valence-electron chi connectivity index (χ4n) is 1.39. The molecule has 0 amide bonds. The van der Waals surface area contributed by atoms with Crippen molar-refractivity contribution >= 4 is 22.8 Å². The fraction of sp³-hybridized carbons (Fsp3) is 0.300. The summed E-state index contributed by atoms with van der Waals surface area (Å²) < 4.78 is 1.71. The van der Waals surface area contributed by atoms with Gasteiger partial charge in [0.25, 0.3) is 0 Å². The van der Waals surface area contributed by atoms with Gasteiger partial charge in [-0.25, -0.2) is 0 Å². The summed E-state index contributed by atoms with van der Waals surface area (Å²) in [6, 6.07) is 0. The van der Waals surface area contributed by atoms with E-state index in [1.54, 1.807) is 22.2 Å². The van der Waals surface area contributed by atoms with Gasteiger partial charge in [0, 0.05) is 19.8 Å². The van der Waals surface area contributed by atoms with E-state index in [0.717, 1.165) is 12.4 Å². The van der Waals surface area contributed by atoms with Crippen molar-refractivity contribution in [3.05, 3.63) is 28.1 Å². The molecular formula is C10H14N4S. The summed E-state index contributed by atoms with van der Waals surface area (Å²) in [5.74, 6) is 0.753. The summed E-state index contributed by atoms with van der Waals surface area (Å²) in [6.07, 6.45) is 1.79. The number of nitrogens with zero attached hydrogens (tertiary/aromatic N) is 2. The Balaban J connectivity index is 2.05. The molecule has 0 aliphatic heterocycles. The third-order valence-electron chi connectivity index (χ3n) is 2.27. The van der Waals surface area contributed by atoms with E-state index in [9.17, 15) is 0 Å². The molecular weight excluding hydrogens is 208 g/mol. The standard InChI is InChI=1S/C10H14N4S/c1-7-5-15-6-8(7)3-12-10-9(11)4-14(2)13-10/h4-6H,3,11H2,1-2H3,(H,12,13). The van der Waals surface area contributed by atoms with Crippen LogP contribution in [0.5, 0.6) is 0 Å². The van der Waals surface area contributed by atoms with E-state index in [-0.39, 0.29) is 0 Å². The molecule has 0 aliphatic carbocycles. The molecule has 2 aromatic rings. The summed E-state index contributed by atoms with van der Waals surface area (Å²) in [5.41, 5.74) is 9.06. The van der Waals surface area contributed by atoms with E-state index in [1.165, 1.54) is 11.1 Å². The van der Waals surface area contributed by atoms with Crippen molar-refractivity contribution < 1.29 is 0 Å². The largest absolute Gasteiger partial charge is 0.394 e. The van der Waals surface area contributed by atoms with Crippen molar-refractivity contribution in [1.82, 2.24) is 9.78 Å². The van der Waals surface area contributed by atoms with Crippen molar-refractivity contribution in [2.45, 2.75) is 13.5 Å². The van der Waals surface area contributed by atoms with Crippen molar-refractivity contribution in [2.75, 3.05) is 11.1 Å². The third kappa shape index (κ3) is 2.12. The second-order valence-corrected chi connectivity index (χ2v) is 4.28. The Morgan fingerprint density at radius 1 is 1.53 bits per heavy atom. The average molecular weight is 222 g/mol. The number of hydrogen-bond donors (Lipinski definition) is 2. The maximum atomic E-state index is 5.78. The van der Waals surface area contributed by atoms with Crippen LogP contribution in [0.3, 0.4) is 0 Å². The summed E-state index contributed by atoms with van der Waals surface area (Å²) in [5, 5.41) is 11.7. The fourth-order valence-corrected chi connectivity index (χ4v) is 2.25. The number of nitrogens with two attached hydrogens (primary N) is 1. The van der Waals surface area contributed by atoms with Gasteiger partial charge in [-0.15, -0.1) is 0 Å². The normalized spacial score (nSPS) is 10.5. The van der Waals surface area contributed by atoms with Crippen LogP contribution in [-0.4, -0.2) is 9.78 Å². The second-order valence-electron chi connectivity index (χ2n) is 3.54. The lowest BCUT2D eigenvalue weighted by Gasteiger charge is -2.03. The lowest BCUT2D eigenvalue weighted by Crippen LogP contribution is -2.02. The number of anilines is 2. The highest BCUT2D eigenvalue weighted by Gasteiger charge is 2.04. The smallest absolute Gasteiger partial charge is 0.171 e. The van der Waals surface area contributed by atoms with Gasteiger partial charge in [-0.05, 0) is 28.8 Å². The van der Waals surface area contributed by atoms with Gasteiger partial charge in [0.15, 0.2) is 5.82 Å². The van der Waals surface area contributed by atoms with E-state index in [4.69, 9.17) is 5.73 Å². The van der Waals surface area contributed by atoms with E-state index in [2.05, 4.69) is 28.1 Å². The minimum Gasteiger partial charge on any atom is -0.394 e. The molecule has 2 rings (SSSR count). The van der Waals surface area contributed by atoms with Crippen molar-refractivity contribution in [1.29, 1.82) is 0 Å². The molecule has 2 heterocycles. The minimum absolute atomic E-state index is 0.686. The Bertz CT molecular complexity index is 458. The first-order valence-corrected chi connectivity index (χ1v) is 5.66. The number of rotatable bonds is 3. The Kier molecular flexibility index (Phi) is 2.64. The molecule has 0 fully saturated rings. The number of thiophene rings is 1. The number of nitrogens with one attached hydrogen (secondary N) is 1. The molecule has 0 atom stereocenters. The van der Waals surface area contributed by atoms with Gasteiger partial charge in [-0.2, -0.15) is 16.4 Å². The SMILES string of the molecule is Cc1cscc1CNc1nn(C)cc1N. The third-order valence-corrected chi connectivity index (χ3v) is 3.18. The first-order valence-electron chi connectivity index (χ1n) is 4.71. The van der Waals surface area contributed by atoms with Gasteiger partial charge >= 0.3 is 0 Å². The van der Waals surface area contributed by atoms with Gasteiger partial charge in [0.05, 0.1) is 5.69 Å². The molecule has 3 N–H and O–H groups in total. The predicted molar refractivity (Wildman–Crippen MR) is 64.0 cm³/mol. The average Bonchev–Trinajstić information content (AvgIpc) is 2.70. The Morgan fingerprint density at radius 3 is 2.87 bits per heavy atom. The van der Waals surface area contributed by atoms with Crippen molar-refractivity contribution in [2.24, 2.45) is 7.05 Å². The molecule has 0 radical (unpaired) electrons. The number of hydrogen-bond acceptors (Lipinski definition) is 4. The topological polar surface area (TPSA) is 55.9 Å². The number of aryl methyl sites for hydroxylation is 2. The zero-order chi connectivity index (χ0) is 10.8. The molecule has 0 unspecified atom stereocenters. The molecule has 4 nitrogen and oxygen atoms in total. The molecule has 80 valence electrons. The van der Waals surface area contributed by atoms with E-state index in [0.29, 0.717) is 5.69 Å². The van der Waals surface area contributed by atoms with E-state index in [1.807, 2.05) is 7.05 Å². The summed E-state index contributed by atoms with van der Waals surface area (Å²) in [7, 11) is 1.86. The Hall–Kier alpha value is -1.49. The van der Waals surface area contributed by atoms with Crippen LogP contribution in [0.15, 0.2) is 17.0 Å². The van der Waals surface area contributed by atoms with Gasteiger partial charge in [-0.3, -0.25) is 4.68 Å². The van der Waals surface area contributed by atoms with Crippen LogP contribution < -0.4 is 11.1 Å². The summed E-state index contributed by atoms with van der Waals surface area (Å²) >= 11 is 1.71. The van der Waals surface area contributed by atoms with Crippen LogP contribution >= 0.6 is 11.3 Å². The zero-order valence-electron chi connectivity index (χ0n) is 8.82. The van der Waals surface area contributed by atoms with Crippen molar-refractivity contribution in [3.63, 3.8) is 0 Å². The molecule has 0 saturated carbocycles. The van der Waals surface area contributed by atoms with Crippen molar-refractivity contribution in [3.8, 4) is 0 Å². The molecule has 15 heavy (non-hydrogen) atoms. The van der Waals surface area contributed by atoms with E-state index >= 15 is 0 Å². The highest BCUT2D eigenvalue weighted by Crippen LogP contribution is 2.18. The molecule has 0 bridgehead atoms. The Morgan fingerprint density at radius 2 is 2.33 bits per heavy atom. The molecule has 5 heteroatoms. The van der Waals surface area contributed by atoms with Gasteiger partial charge in [0.1, 0.15) is 0 Å². The summed E-state index contributed by atoms with van der Waals surface area (Å²) in [4.78, 5) is 0. The molecule has 0 aromatic carbocycles. The predicted octanol–water partition coefficient (Wildman–Crippen LogP) is 1.98.